The van der Waals surface area contributed by atoms with Crippen LogP contribution in [0.25, 0.3) is 0 Å². The maximum atomic E-state index is 11.7. The van der Waals surface area contributed by atoms with E-state index in [0.717, 1.165) is 25.2 Å². The molecular weight excluding hydrogens is 210 g/mol. The number of carbonyl (C=O) groups is 1. The first kappa shape index (κ1) is 14.1. The molecule has 0 aromatic rings. The van der Waals surface area contributed by atoms with Gasteiger partial charge in [-0.15, -0.1) is 6.42 Å². The van der Waals surface area contributed by atoms with Gasteiger partial charge in [0.05, 0.1) is 6.04 Å². The molecule has 0 aliphatic heterocycles. The summed E-state index contributed by atoms with van der Waals surface area (Å²) in [6.07, 6.45) is 15.6. The zero-order chi connectivity index (χ0) is 12.5. The Bertz CT molecular complexity index is 261. The van der Waals surface area contributed by atoms with Crippen LogP contribution in [0.5, 0.6) is 0 Å². The van der Waals surface area contributed by atoms with E-state index >= 15 is 0 Å². The summed E-state index contributed by atoms with van der Waals surface area (Å²) in [7, 11) is 0. The van der Waals surface area contributed by atoms with Gasteiger partial charge in [-0.3, -0.25) is 4.79 Å². The molecule has 1 aliphatic carbocycles. The van der Waals surface area contributed by atoms with Gasteiger partial charge < -0.3 is 5.32 Å². The Balaban J connectivity index is 2.17. The molecule has 1 atom stereocenters. The summed E-state index contributed by atoms with van der Waals surface area (Å²) in [5.74, 6) is 3.54. The van der Waals surface area contributed by atoms with Crippen molar-refractivity contribution in [1.82, 2.24) is 5.32 Å². The van der Waals surface area contributed by atoms with Crippen LogP contribution in [0.4, 0.5) is 0 Å². The number of carbonyl (C=O) groups excluding carboxylic acids is 1. The van der Waals surface area contributed by atoms with Gasteiger partial charge in [-0.2, -0.15) is 0 Å². The zero-order valence-corrected chi connectivity index (χ0v) is 11.0. The molecule has 0 radical (unpaired) electrons. The largest absolute Gasteiger partial charge is 0.342 e. The summed E-state index contributed by atoms with van der Waals surface area (Å²) < 4.78 is 0. The third-order valence-electron chi connectivity index (χ3n) is 3.62. The number of terminal acetylenes is 1. The van der Waals surface area contributed by atoms with Crippen molar-refractivity contribution in [2.24, 2.45) is 5.92 Å². The van der Waals surface area contributed by atoms with Crippen molar-refractivity contribution in [2.75, 3.05) is 0 Å². The fraction of sp³-hybridized carbons (Fsp3) is 0.800. The summed E-state index contributed by atoms with van der Waals surface area (Å²) >= 11 is 0. The van der Waals surface area contributed by atoms with Gasteiger partial charge in [0.15, 0.2) is 0 Å². The highest BCUT2D eigenvalue weighted by Crippen LogP contribution is 2.27. The first-order chi connectivity index (χ1) is 8.26. The van der Waals surface area contributed by atoms with Crippen molar-refractivity contribution in [3.05, 3.63) is 0 Å². The standard InChI is InChI=1S/C15H25NO/c1-3-8-14(4-2)16-15(17)12-11-13-9-6-5-7-10-13/h2,13-14H,3,5-12H2,1H3,(H,16,17). The molecule has 2 nitrogen and oxygen atoms in total. The average molecular weight is 235 g/mol. The van der Waals surface area contributed by atoms with E-state index in [9.17, 15) is 4.79 Å². The summed E-state index contributed by atoms with van der Waals surface area (Å²) in [6, 6.07) is -0.0705. The smallest absolute Gasteiger partial charge is 0.220 e. The normalized spacial score (nSPS) is 18.4. The summed E-state index contributed by atoms with van der Waals surface area (Å²) in [5, 5.41) is 2.93. The van der Waals surface area contributed by atoms with Gasteiger partial charge in [0.2, 0.25) is 5.91 Å². The Morgan fingerprint density at radius 3 is 2.71 bits per heavy atom. The van der Waals surface area contributed by atoms with E-state index in [1.165, 1.54) is 32.1 Å². The lowest BCUT2D eigenvalue weighted by atomic mass is 9.86. The van der Waals surface area contributed by atoms with Gasteiger partial charge in [-0.05, 0) is 18.8 Å². The first-order valence-electron chi connectivity index (χ1n) is 7.01. The number of rotatable bonds is 6. The number of nitrogens with one attached hydrogen (secondary N) is 1. The monoisotopic (exact) mass is 235 g/mol. The van der Waals surface area contributed by atoms with Crippen LogP contribution >= 0.6 is 0 Å². The van der Waals surface area contributed by atoms with E-state index in [0.29, 0.717) is 6.42 Å². The summed E-state index contributed by atoms with van der Waals surface area (Å²) in [5.41, 5.74) is 0. The van der Waals surface area contributed by atoms with Crippen LogP contribution in [-0.4, -0.2) is 11.9 Å². The van der Waals surface area contributed by atoms with Crippen LogP contribution in [0.1, 0.15) is 64.7 Å². The fourth-order valence-corrected chi connectivity index (χ4v) is 2.56. The van der Waals surface area contributed by atoms with Gasteiger partial charge in [0, 0.05) is 6.42 Å². The lowest BCUT2D eigenvalue weighted by molar-refractivity contribution is -0.121. The lowest BCUT2D eigenvalue weighted by Gasteiger charge is -2.21. The minimum Gasteiger partial charge on any atom is -0.342 e. The van der Waals surface area contributed by atoms with Crippen LogP contribution in [0.3, 0.4) is 0 Å². The highest BCUT2D eigenvalue weighted by Gasteiger charge is 2.15. The molecule has 1 aliphatic rings. The van der Waals surface area contributed by atoms with E-state index < -0.39 is 0 Å². The second-order valence-corrected chi connectivity index (χ2v) is 5.12. The quantitative estimate of drug-likeness (QED) is 0.703. The molecule has 0 heterocycles. The molecule has 0 saturated heterocycles. The lowest BCUT2D eigenvalue weighted by Crippen LogP contribution is -2.33. The molecule has 1 fully saturated rings. The topological polar surface area (TPSA) is 29.1 Å². The van der Waals surface area contributed by atoms with Crippen LogP contribution in [-0.2, 0) is 4.79 Å². The van der Waals surface area contributed by atoms with Crippen molar-refractivity contribution >= 4 is 5.91 Å². The van der Waals surface area contributed by atoms with Crippen LogP contribution in [0.2, 0.25) is 0 Å². The highest BCUT2D eigenvalue weighted by atomic mass is 16.1. The average Bonchev–Trinajstić information content (AvgIpc) is 2.37. The van der Waals surface area contributed by atoms with E-state index in [-0.39, 0.29) is 11.9 Å². The van der Waals surface area contributed by atoms with Gasteiger partial charge in [-0.1, -0.05) is 51.4 Å². The molecule has 96 valence electrons. The highest BCUT2D eigenvalue weighted by molar-refractivity contribution is 5.76. The molecule has 17 heavy (non-hydrogen) atoms. The molecular formula is C15H25NO. The third-order valence-corrected chi connectivity index (χ3v) is 3.62. The van der Waals surface area contributed by atoms with E-state index in [4.69, 9.17) is 6.42 Å². The molecule has 1 unspecified atom stereocenters. The molecule has 1 rings (SSSR count). The number of amides is 1. The Labute approximate surface area is 106 Å². The third kappa shape index (κ3) is 5.77. The van der Waals surface area contributed by atoms with Crippen molar-refractivity contribution in [3.63, 3.8) is 0 Å². The van der Waals surface area contributed by atoms with Crippen LogP contribution in [0, 0.1) is 18.3 Å². The fourth-order valence-electron chi connectivity index (χ4n) is 2.56. The minimum absolute atomic E-state index is 0.0705. The Kier molecular flexibility index (Phi) is 6.77. The summed E-state index contributed by atoms with van der Waals surface area (Å²) in [4.78, 5) is 11.7. The molecule has 0 bridgehead atoms. The van der Waals surface area contributed by atoms with Gasteiger partial charge in [0.1, 0.15) is 0 Å². The zero-order valence-electron chi connectivity index (χ0n) is 11.0. The van der Waals surface area contributed by atoms with E-state index in [2.05, 4.69) is 18.2 Å². The van der Waals surface area contributed by atoms with Crippen molar-refractivity contribution in [2.45, 2.75) is 70.8 Å². The van der Waals surface area contributed by atoms with Crippen LogP contribution in [0.15, 0.2) is 0 Å². The predicted molar refractivity (Wildman–Crippen MR) is 71.5 cm³/mol. The molecule has 0 aromatic heterocycles. The minimum atomic E-state index is -0.0705. The Morgan fingerprint density at radius 2 is 2.12 bits per heavy atom. The Morgan fingerprint density at radius 1 is 1.41 bits per heavy atom. The van der Waals surface area contributed by atoms with Crippen molar-refractivity contribution in [1.29, 1.82) is 0 Å². The van der Waals surface area contributed by atoms with Crippen LogP contribution < -0.4 is 5.32 Å². The van der Waals surface area contributed by atoms with Crippen molar-refractivity contribution in [3.8, 4) is 12.3 Å². The van der Waals surface area contributed by atoms with Crippen molar-refractivity contribution < 1.29 is 4.79 Å². The number of hydrogen-bond donors (Lipinski definition) is 1. The van der Waals surface area contributed by atoms with E-state index in [1.807, 2.05) is 0 Å². The SMILES string of the molecule is C#CC(CCC)NC(=O)CCC1CCCCC1. The van der Waals surface area contributed by atoms with Gasteiger partial charge in [-0.25, -0.2) is 0 Å². The molecule has 1 amide bonds. The van der Waals surface area contributed by atoms with E-state index in [1.54, 1.807) is 0 Å². The number of hydrogen-bond acceptors (Lipinski definition) is 1. The predicted octanol–water partition coefficient (Wildman–Crippen LogP) is 3.27. The van der Waals surface area contributed by atoms with Gasteiger partial charge in [0.25, 0.3) is 0 Å². The molecule has 1 saturated carbocycles. The molecule has 2 heteroatoms. The van der Waals surface area contributed by atoms with Gasteiger partial charge >= 0.3 is 0 Å². The maximum Gasteiger partial charge on any atom is 0.220 e. The molecule has 1 N–H and O–H groups in total. The maximum absolute atomic E-state index is 11.7. The second-order valence-electron chi connectivity index (χ2n) is 5.12. The Hall–Kier alpha value is -0.970. The summed E-state index contributed by atoms with van der Waals surface area (Å²) in [6.45, 7) is 2.08. The molecule has 0 spiro atoms. The first-order valence-corrected chi connectivity index (χ1v) is 7.01. The second kappa shape index (κ2) is 8.17. The molecule has 0 aromatic carbocycles.